The van der Waals surface area contributed by atoms with Gasteiger partial charge in [-0.2, -0.15) is 0 Å². The number of aryl methyl sites for hydroxylation is 1. The third kappa shape index (κ3) is 2.84. The molecule has 0 saturated heterocycles. The van der Waals surface area contributed by atoms with Crippen LogP contribution >= 0.6 is 0 Å². The van der Waals surface area contributed by atoms with Crippen LogP contribution in [0.4, 0.5) is 0 Å². The molecule has 1 aromatic carbocycles. The number of carboxylic acid groups (broad SMARTS) is 1. The number of nitrogens with one attached hydrogen (secondary N) is 1. The van der Waals surface area contributed by atoms with Crippen molar-refractivity contribution in [2.45, 2.75) is 19.8 Å². The number of aromatic amines is 1. The average Bonchev–Trinajstić information content (AvgIpc) is 2.46. The summed E-state index contributed by atoms with van der Waals surface area (Å²) in [6, 6.07) is 3.31. The van der Waals surface area contributed by atoms with Gasteiger partial charge in [0.15, 0.2) is 5.43 Å². The van der Waals surface area contributed by atoms with E-state index >= 15 is 0 Å². The zero-order chi connectivity index (χ0) is 15.6. The molecule has 0 saturated carbocycles. The zero-order valence-electron chi connectivity index (χ0n) is 12.1. The highest BCUT2D eigenvalue weighted by Gasteiger charge is 2.15. The lowest BCUT2D eigenvalue weighted by atomic mass is 10.0. The molecule has 0 fully saturated rings. The molecular formula is C15H17NO5. The SMILES string of the molecule is COc1cc(OC)c2[nH]c(C)c(CCC(=O)O)c(=O)c2c1. The summed E-state index contributed by atoms with van der Waals surface area (Å²) < 4.78 is 10.4. The minimum Gasteiger partial charge on any atom is -0.497 e. The van der Waals surface area contributed by atoms with Gasteiger partial charge in [0.1, 0.15) is 11.5 Å². The number of rotatable bonds is 5. The number of fused-ring (bicyclic) bond motifs is 1. The van der Waals surface area contributed by atoms with Crippen LogP contribution in [0.25, 0.3) is 10.9 Å². The van der Waals surface area contributed by atoms with Crippen molar-refractivity contribution in [1.29, 1.82) is 0 Å². The molecule has 2 N–H and O–H groups in total. The molecule has 0 unspecified atom stereocenters. The molecule has 0 aliphatic carbocycles. The Morgan fingerprint density at radius 1 is 1.29 bits per heavy atom. The second kappa shape index (κ2) is 5.87. The molecule has 0 atom stereocenters. The second-order valence-electron chi connectivity index (χ2n) is 4.70. The summed E-state index contributed by atoms with van der Waals surface area (Å²) in [7, 11) is 3.02. The van der Waals surface area contributed by atoms with E-state index in [1.54, 1.807) is 19.1 Å². The van der Waals surface area contributed by atoms with Gasteiger partial charge < -0.3 is 19.6 Å². The van der Waals surface area contributed by atoms with Gasteiger partial charge in [-0.25, -0.2) is 0 Å². The van der Waals surface area contributed by atoms with E-state index in [-0.39, 0.29) is 18.3 Å². The van der Waals surface area contributed by atoms with E-state index in [9.17, 15) is 9.59 Å². The van der Waals surface area contributed by atoms with Gasteiger partial charge in [-0.15, -0.1) is 0 Å². The monoisotopic (exact) mass is 291 g/mol. The molecule has 1 heterocycles. The lowest BCUT2D eigenvalue weighted by Crippen LogP contribution is -2.15. The Morgan fingerprint density at radius 2 is 2.00 bits per heavy atom. The van der Waals surface area contributed by atoms with Crippen molar-refractivity contribution in [3.05, 3.63) is 33.6 Å². The van der Waals surface area contributed by atoms with Crippen molar-refractivity contribution in [1.82, 2.24) is 4.98 Å². The highest BCUT2D eigenvalue weighted by Crippen LogP contribution is 2.28. The Kier molecular flexibility index (Phi) is 4.16. The highest BCUT2D eigenvalue weighted by molar-refractivity contribution is 5.87. The predicted octanol–water partition coefficient (Wildman–Crippen LogP) is 1.87. The number of aromatic nitrogens is 1. The van der Waals surface area contributed by atoms with Crippen molar-refractivity contribution in [2.24, 2.45) is 0 Å². The molecule has 0 spiro atoms. The molecule has 0 amide bonds. The van der Waals surface area contributed by atoms with E-state index in [0.29, 0.717) is 33.7 Å². The van der Waals surface area contributed by atoms with E-state index in [1.807, 2.05) is 0 Å². The molecule has 6 nitrogen and oxygen atoms in total. The van der Waals surface area contributed by atoms with Crippen molar-refractivity contribution in [3.63, 3.8) is 0 Å². The Labute approximate surface area is 121 Å². The lowest BCUT2D eigenvalue weighted by molar-refractivity contribution is -0.136. The van der Waals surface area contributed by atoms with Crippen LogP contribution in [0, 0.1) is 6.92 Å². The number of hydrogen-bond donors (Lipinski definition) is 2. The summed E-state index contributed by atoms with van der Waals surface area (Å²) in [6.07, 6.45) is 0.0997. The van der Waals surface area contributed by atoms with Gasteiger partial charge in [-0.05, 0) is 19.4 Å². The van der Waals surface area contributed by atoms with Crippen molar-refractivity contribution >= 4 is 16.9 Å². The summed E-state index contributed by atoms with van der Waals surface area (Å²) in [6.45, 7) is 1.75. The maximum absolute atomic E-state index is 12.6. The first kappa shape index (κ1) is 14.9. The van der Waals surface area contributed by atoms with Crippen LogP contribution < -0.4 is 14.9 Å². The van der Waals surface area contributed by atoms with E-state index in [1.165, 1.54) is 14.2 Å². The first-order valence-electron chi connectivity index (χ1n) is 6.47. The van der Waals surface area contributed by atoms with E-state index in [2.05, 4.69) is 4.98 Å². The number of carbonyl (C=O) groups is 1. The number of methoxy groups -OCH3 is 2. The second-order valence-corrected chi connectivity index (χ2v) is 4.70. The van der Waals surface area contributed by atoms with Gasteiger partial charge in [-0.1, -0.05) is 0 Å². The normalized spacial score (nSPS) is 10.6. The Bertz CT molecular complexity index is 748. The molecular weight excluding hydrogens is 274 g/mol. The molecule has 0 bridgehead atoms. The van der Waals surface area contributed by atoms with Gasteiger partial charge in [0, 0.05) is 23.7 Å². The summed E-state index contributed by atoms with van der Waals surface area (Å²) >= 11 is 0. The molecule has 0 aliphatic rings. The number of aliphatic carboxylic acids is 1. The summed E-state index contributed by atoms with van der Waals surface area (Å²) in [4.78, 5) is 26.4. The van der Waals surface area contributed by atoms with Gasteiger partial charge in [0.05, 0.1) is 25.1 Å². The number of hydrogen-bond acceptors (Lipinski definition) is 4. The van der Waals surface area contributed by atoms with E-state index in [0.717, 1.165) is 0 Å². The number of benzene rings is 1. The third-order valence-electron chi connectivity index (χ3n) is 3.40. The van der Waals surface area contributed by atoms with E-state index in [4.69, 9.17) is 14.6 Å². The lowest BCUT2D eigenvalue weighted by Gasteiger charge is -2.12. The summed E-state index contributed by atoms with van der Waals surface area (Å²) in [5, 5.41) is 9.21. The van der Waals surface area contributed by atoms with Crippen molar-refractivity contribution < 1.29 is 19.4 Å². The van der Waals surface area contributed by atoms with Crippen LogP contribution in [0.3, 0.4) is 0 Å². The van der Waals surface area contributed by atoms with Gasteiger partial charge in [0.25, 0.3) is 0 Å². The number of carboxylic acids is 1. The average molecular weight is 291 g/mol. The molecule has 2 rings (SSSR count). The van der Waals surface area contributed by atoms with Crippen molar-refractivity contribution in [3.8, 4) is 11.5 Å². The minimum atomic E-state index is -0.933. The Morgan fingerprint density at radius 3 is 2.57 bits per heavy atom. The fourth-order valence-electron chi connectivity index (χ4n) is 2.31. The van der Waals surface area contributed by atoms with Crippen LogP contribution in [0.1, 0.15) is 17.7 Å². The molecule has 1 aromatic heterocycles. The van der Waals surface area contributed by atoms with Gasteiger partial charge in [-0.3, -0.25) is 9.59 Å². The number of ether oxygens (including phenoxy) is 2. The Hall–Kier alpha value is -2.50. The molecule has 112 valence electrons. The van der Waals surface area contributed by atoms with Crippen LogP contribution in [0.15, 0.2) is 16.9 Å². The summed E-state index contributed by atoms with van der Waals surface area (Å²) in [5.74, 6) is 0.0874. The smallest absolute Gasteiger partial charge is 0.303 e. The van der Waals surface area contributed by atoms with Gasteiger partial charge >= 0.3 is 5.97 Å². The van der Waals surface area contributed by atoms with Crippen LogP contribution in [-0.2, 0) is 11.2 Å². The molecule has 2 aromatic rings. The zero-order valence-corrected chi connectivity index (χ0v) is 12.1. The standard InChI is InChI=1S/C15H17NO5/c1-8-10(4-5-13(17)18)15(19)11-6-9(20-2)7-12(21-3)14(11)16-8/h6-7H,4-5H2,1-3H3,(H,16,19)(H,17,18). The topological polar surface area (TPSA) is 88.6 Å². The molecule has 0 aliphatic heterocycles. The fourth-order valence-corrected chi connectivity index (χ4v) is 2.31. The highest BCUT2D eigenvalue weighted by atomic mass is 16.5. The van der Waals surface area contributed by atoms with Crippen LogP contribution in [0.2, 0.25) is 0 Å². The largest absolute Gasteiger partial charge is 0.497 e. The number of H-pyrrole nitrogens is 1. The molecule has 21 heavy (non-hydrogen) atoms. The maximum Gasteiger partial charge on any atom is 0.303 e. The predicted molar refractivity (Wildman–Crippen MR) is 78.4 cm³/mol. The third-order valence-corrected chi connectivity index (χ3v) is 3.40. The van der Waals surface area contributed by atoms with Crippen molar-refractivity contribution in [2.75, 3.05) is 14.2 Å². The first-order chi connectivity index (χ1) is 9.97. The molecule has 6 heteroatoms. The van der Waals surface area contributed by atoms with Gasteiger partial charge in [0.2, 0.25) is 0 Å². The first-order valence-corrected chi connectivity index (χ1v) is 6.47. The summed E-state index contributed by atoms with van der Waals surface area (Å²) in [5.41, 5.74) is 1.51. The minimum absolute atomic E-state index is 0.0868. The molecule has 0 radical (unpaired) electrons. The number of pyridine rings is 1. The van der Waals surface area contributed by atoms with Crippen LogP contribution in [-0.4, -0.2) is 30.3 Å². The fraction of sp³-hybridized carbons (Fsp3) is 0.333. The van der Waals surface area contributed by atoms with E-state index < -0.39 is 5.97 Å². The quantitative estimate of drug-likeness (QED) is 0.878. The Balaban J connectivity index is 2.69. The maximum atomic E-state index is 12.6. The van der Waals surface area contributed by atoms with Crippen LogP contribution in [0.5, 0.6) is 11.5 Å².